The third-order valence-electron chi connectivity index (χ3n) is 3.63. The number of aryl methyl sites for hydroxylation is 1. The lowest BCUT2D eigenvalue weighted by Crippen LogP contribution is -2.25. The molecule has 4 nitrogen and oxygen atoms in total. The summed E-state index contributed by atoms with van der Waals surface area (Å²) in [6, 6.07) is 5.30. The molecule has 0 spiro atoms. The van der Waals surface area contributed by atoms with Crippen molar-refractivity contribution < 1.29 is 4.79 Å². The summed E-state index contributed by atoms with van der Waals surface area (Å²) < 4.78 is 1.64. The van der Waals surface area contributed by atoms with Gasteiger partial charge in [-0.1, -0.05) is 31.5 Å². The highest BCUT2D eigenvalue weighted by Crippen LogP contribution is 2.30. The predicted octanol–water partition coefficient (Wildman–Crippen LogP) is 3.86. The number of carbonyl (C=O) groups is 1. The molecule has 0 aliphatic heterocycles. The second kappa shape index (κ2) is 6.76. The quantitative estimate of drug-likeness (QED) is 0.911. The molecule has 1 atom stereocenters. The molecule has 21 heavy (non-hydrogen) atoms. The first-order valence-corrected chi connectivity index (χ1v) is 7.56. The molecule has 0 aliphatic rings. The second-order valence-corrected chi connectivity index (χ2v) is 5.33. The first kappa shape index (κ1) is 15.6. The van der Waals surface area contributed by atoms with Crippen molar-refractivity contribution in [3.8, 4) is 0 Å². The van der Waals surface area contributed by atoms with Crippen LogP contribution in [0.15, 0.2) is 30.6 Å². The van der Waals surface area contributed by atoms with Crippen molar-refractivity contribution in [1.82, 2.24) is 9.78 Å². The monoisotopic (exact) mass is 305 g/mol. The summed E-state index contributed by atoms with van der Waals surface area (Å²) >= 11 is 6.25. The molecule has 1 heterocycles. The normalized spacial score (nSPS) is 12.2. The maximum Gasteiger partial charge on any atom is 0.248 e. The van der Waals surface area contributed by atoms with Crippen LogP contribution in [0.25, 0.3) is 0 Å². The highest BCUT2D eigenvalue weighted by molar-refractivity contribution is 6.32. The molecule has 1 unspecified atom stereocenters. The maximum atomic E-state index is 12.4. The van der Waals surface area contributed by atoms with E-state index < -0.39 is 0 Å². The smallest absolute Gasteiger partial charge is 0.248 e. The lowest BCUT2D eigenvalue weighted by atomic mass is 10.0. The number of hydrogen-bond donors (Lipinski definition) is 1. The van der Waals surface area contributed by atoms with Crippen LogP contribution < -0.4 is 5.32 Å². The minimum Gasteiger partial charge on any atom is -0.324 e. The molecule has 5 heteroatoms. The van der Waals surface area contributed by atoms with Crippen LogP contribution in [-0.2, 0) is 17.6 Å². The fourth-order valence-corrected chi connectivity index (χ4v) is 2.62. The second-order valence-electron chi connectivity index (χ2n) is 4.92. The summed E-state index contributed by atoms with van der Waals surface area (Å²) in [7, 11) is 0. The van der Waals surface area contributed by atoms with Crippen molar-refractivity contribution in [2.24, 2.45) is 0 Å². The summed E-state index contributed by atoms with van der Waals surface area (Å²) in [5.41, 5.74) is 2.92. The Balaban J connectivity index is 2.30. The van der Waals surface area contributed by atoms with Gasteiger partial charge in [-0.25, -0.2) is 0 Å². The largest absolute Gasteiger partial charge is 0.324 e. The van der Waals surface area contributed by atoms with Gasteiger partial charge in [0.05, 0.1) is 0 Å². The first-order valence-electron chi connectivity index (χ1n) is 7.18. The SMILES string of the molecule is CCc1ccc(Cl)c(CC)c1NC(=O)C(C)n1cccn1. The van der Waals surface area contributed by atoms with Crippen LogP contribution in [0.5, 0.6) is 0 Å². The van der Waals surface area contributed by atoms with E-state index in [9.17, 15) is 4.79 Å². The average molecular weight is 306 g/mol. The summed E-state index contributed by atoms with van der Waals surface area (Å²) in [6.45, 7) is 5.92. The average Bonchev–Trinajstić information content (AvgIpc) is 3.01. The molecule has 0 saturated heterocycles. The number of amides is 1. The van der Waals surface area contributed by atoms with E-state index in [0.29, 0.717) is 5.02 Å². The Morgan fingerprint density at radius 3 is 2.71 bits per heavy atom. The van der Waals surface area contributed by atoms with Gasteiger partial charge in [-0.15, -0.1) is 0 Å². The zero-order chi connectivity index (χ0) is 15.4. The molecule has 1 aromatic heterocycles. The first-order chi connectivity index (χ1) is 10.1. The van der Waals surface area contributed by atoms with Gasteiger partial charge in [-0.05, 0) is 43.0 Å². The summed E-state index contributed by atoms with van der Waals surface area (Å²) in [4.78, 5) is 12.4. The van der Waals surface area contributed by atoms with Crippen LogP contribution in [0.1, 0.15) is 37.9 Å². The molecule has 2 aromatic rings. The van der Waals surface area contributed by atoms with Crippen molar-refractivity contribution in [1.29, 1.82) is 0 Å². The highest BCUT2D eigenvalue weighted by atomic mass is 35.5. The van der Waals surface area contributed by atoms with Gasteiger partial charge in [0.15, 0.2) is 0 Å². The molecule has 2 rings (SSSR count). The summed E-state index contributed by atoms with van der Waals surface area (Å²) in [5.74, 6) is -0.0923. The van der Waals surface area contributed by atoms with Gasteiger partial charge in [0.2, 0.25) is 5.91 Å². The topological polar surface area (TPSA) is 46.9 Å². The molecular weight excluding hydrogens is 286 g/mol. The van der Waals surface area contributed by atoms with Crippen LogP contribution in [0, 0.1) is 0 Å². The molecule has 0 bridgehead atoms. The van der Waals surface area contributed by atoms with Crippen molar-refractivity contribution in [2.75, 3.05) is 5.32 Å². The molecule has 0 saturated carbocycles. The number of halogens is 1. The van der Waals surface area contributed by atoms with Crippen molar-refractivity contribution in [3.05, 3.63) is 46.7 Å². The molecule has 0 radical (unpaired) electrons. The lowest BCUT2D eigenvalue weighted by molar-refractivity contribution is -0.119. The van der Waals surface area contributed by atoms with E-state index in [1.54, 1.807) is 23.1 Å². The zero-order valence-electron chi connectivity index (χ0n) is 12.6. The molecule has 112 valence electrons. The van der Waals surface area contributed by atoms with Crippen LogP contribution >= 0.6 is 11.6 Å². The van der Waals surface area contributed by atoms with Crippen LogP contribution in [-0.4, -0.2) is 15.7 Å². The van der Waals surface area contributed by atoms with Gasteiger partial charge in [0.25, 0.3) is 0 Å². The lowest BCUT2D eigenvalue weighted by Gasteiger charge is -2.18. The molecule has 0 aliphatic carbocycles. The minimum absolute atomic E-state index is 0.0923. The molecule has 0 fully saturated rings. The summed E-state index contributed by atoms with van der Waals surface area (Å²) in [6.07, 6.45) is 5.07. The van der Waals surface area contributed by atoms with E-state index in [1.165, 1.54) is 0 Å². The number of nitrogens with one attached hydrogen (secondary N) is 1. The number of rotatable bonds is 5. The van der Waals surface area contributed by atoms with Gasteiger partial charge < -0.3 is 5.32 Å². The number of anilines is 1. The van der Waals surface area contributed by atoms with Gasteiger partial charge in [-0.2, -0.15) is 5.10 Å². The van der Waals surface area contributed by atoms with Crippen molar-refractivity contribution in [3.63, 3.8) is 0 Å². The van der Waals surface area contributed by atoms with Crippen LogP contribution in [0.3, 0.4) is 0 Å². The van der Waals surface area contributed by atoms with Gasteiger partial charge >= 0.3 is 0 Å². The van der Waals surface area contributed by atoms with E-state index >= 15 is 0 Å². The van der Waals surface area contributed by atoms with E-state index in [-0.39, 0.29) is 11.9 Å². The Kier molecular flexibility index (Phi) is 5.02. The minimum atomic E-state index is -0.367. The fraction of sp³-hybridized carbons (Fsp3) is 0.375. The predicted molar refractivity (Wildman–Crippen MR) is 85.8 cm³/mol. The Bertz CT molecular complexity index is 623. The third kappa shape index (κ3) is 3.27. The molecule has 1 amide bonds. The number of benzene rings is 1. The van der Waals surface area contributed by atoms with E-state index in [2.05, 4.69) is 17.3 Å². The van der Waals surface area contributed by atoms with Gasteiger partial charge in [-0.3, -0.25) is 9.48 Å². The molecular formula is C16H20ClN3O. The van der Waals surface area contributed by atoms with E-state index in [0.717, 1.165) is 29.7 Å². The highest BCUT2D eigenvalue weighted by Gasteiger charge is 2.18. The Morgan fingerprint density at radius 2 is 2.14 bits per heavy atom. The van der Waals surface area contributed by atoms with Crippen LogP contribution in [0.2, 0.25) is 5.02 Å². The van der Waals surface area contributed by atoms with Crippen LogP contribution in [0.4, 0.5) is 5.69 Å². The zero-order valence-corrected chi connectivity index (χ0v) is 13.3. The Morgan fingerprint density at radius 1 is 1.38 bits per heavy atom. The van der Waals surface area contributed by atoms with E-state index in [1.807, 2.05) is 26.0 Å². The Hall–Kier alpha value is -1.81. The van der Waals surface area contributed by atoms with Gasteiger partial charge in [0.1, 0.15) is 6.04 Å². The Labute approximate surface area is 130 Å². The van der Waals surface area contributed by atoms with Crippen molar-refractivity contribution >= 4 is 23.2 Å². The number of nitrogens with zero attached hydrogens (tertiary/aromatic N) is 2. The standard InChI is InChI=1S/C16H20ClN3O/c1-4-12-7-8-14(17)13(5-2)15(12)19-16(21)11(3)20-10-6-9-18-20/h6-11H,4-5H2,1-3H3,(H,19,21). The molecule has 1 N–H and O–H groups in total. The number of aromatic nitrogens is 2. The third-order valence-corrected chi connectivity index (χ3v) is 3.98. The maximum absolute atomic E-state index is 12.4. The number of hydrogen-bond acceptors (Lipinski definition) is 2. The van der Waals surface area contributed by atoms with E-state index in [4.69, 9.17) is 11.6 Å². The fourth-order valence-electron chi connectivity index (χ4n) is 2.32. The summed E-state index contributed by atoms with van der Waals surface area (Å²) in [5, 5.41) is 7.83. The molecule has 1 aromatic carbocycles. The number of carbonyl (C=O) groups excluding carboxylic acids is 1. The van der Waals surface area contributed by atoms with Gasteiger partial charge in [0, 0.05) is 23.1 Å². The van der Waals surface area contributed by atoms with Crippen molar-refractivity contribution in [2.45, 2.75) is 39.7 Å².